The minimum atomic E-state index is -4.55. The first-order valence-electron chi connectivity index (χ1n) is 6.66. The van der Waals surface area contributed by atoms with E-state index in [0.29, 0.717) is 23.1 Å². The lowest BCUT2D eigenvalue weighted by Crippen LogP contribution is -2.12. The van der Waals surface area contributed by atoms with E-state index in [2.05, 4.69) is 30.5 Å². The highest BCUT2D eigenvalue weighted by molar-refractivity contribution is 5.77. The summed E-state index contributed by atoms with van der Waals surface area (Å²) >= 11 is 0. The molecular weight excluding hydrogens is 323 g/mol. The number of fused-ring (bicyclic) bond motifs is 1. The molecule has 0 radical (unpaired) electrons. The van der Waals surface area contributed by atoms with Crippen LogP contribution in [0.15, 0.2) is 30.7 Å². The maximum atomic E-state index is 12.9. The Hall–Kier alpha value is -3.35. The molecule has 0 aliphatic heterocycles. The van der Waals surface area contributed by atoms with Crippen LogP contribution in [0.25, 0.3) is 10.4 Å². The van der Waals surface area contributed by atoms with Gasteiger partial charge >= 0.3 is 6.18 Å². The molecule has 3 aromatic rings. The molecule has 0 saturated heterocycles. The molecule has 0 unspecified atom stereocenters. The first-order valence-corrected chi connectivity index (χ1v) is 6.66. The molecule has 3 rings (SSSR count). The van der Waals surface area contributed by atoms with Crippen molar-refractivity contribution in [3.05, 3.63) is 47.7 Å². The third kappa shape index (κ3) is 2.79. The first kappa shape index (κ1) is 15.5. The molecule has 24 heavy (non-hydrogen) atoms. The summed E-state index contributed by atoms with van der Waals surface area (Å²) in [6.45, 7) is 7.03. The summed E-state index contributed by atoms with van der Waals surface area (Å²) in [5.74, 6) is -0.353. The van der Waals surface area contributed by atoms with Gasteiger partial charge in [-0.1, -0.05) is 0 Å². The summed E-state index contributed by atoms with van der Waals surface area (Å²) in [5, 5.41) is 9.31. The second-order valence-corrected chi connectivity index (χ2v) is 4.71. The fraction of sp³-hybridized carbons (Fsp3) is 0.143. The maximum absolute atomic E-state index is 12.9. The topological polar surface area (TPSA) is 71.5 Å². The lowest BCUT2D eigenvalue weighted by Gasteiger charge is -2.12. The number of hydrogen-bond acceptors (Lipinski definition) is 5. The van der Waals surface area contributed by atoms with E-state index in [9.17, 15) is 13.2 Å². The number of alkyl halides is 3. The fourth-order valence-electron chi connectivity index (χ4n) is 2.10. The second-order valence-electron chi connectivity index (χ2n) is 4.71. The summed E-state index contributed by atoms with van der Waals surface area (Å²) < 4.78 is 40.1. The normalized spacial score (nSPS) is 11.3. The van der Waals surface area contributed by atoms with Gasteiger partial charge in [-0.3, -0.25) is 0 Å². The van der Waals surface area contributed by atoms with Crippen LogP contribution in [0.3, 0.4) is 0 Å². The third-order valence-electron chi connectivity index (χ3n) is 3.21. The molecular formula is C14H10F3N7. The molecule has 0 atom stereocenters. The van der Waals surface area contributed by atoms with Gasteiger partial charge in [-0.25, -0.2) is 14.3 Å². The smallest absolute Gasteiger partial charge is 0.372 e. The molecule has 0 spiro atoms. The van der Waals surface area contributed by atoms with Gasteiger partial charge in [0.15, 0.2) is 5.69 Å². The highest BCUT2D eigenvalue weighted by Gasteiger charge is 2.35. The van der Waals surface area contributed by atoms with Gasteiger partial charge in [-0.2, -0.15) is 23.3 Å². The number of anilines is 3. The van der Waals surface area contributed by atoms with Crippen LogP contribution in [0.4, 0.5) is 36.3 Å². The van der Waals surface area contributed by atoms with Gasteiger partial charge in [0.1, 0.15) is 11.4 Å². The highest BCUT2D eigenvalue weighted by atomic mass is 19.4. The third-order valence-corrected chi connectivity index (χ3v) is 3.21. The molecule has 0 saturated carbocycles. The molecule has 0 fully saturated rings. The fourth-order valence-corrected chi connectivity index (χ4v) is 2.10. The lowest BCUT2D eigenvalue weighted by atomic mass is 10.3. The Morgan fingerprint density at radius 2 is 2.08 bits per heavy atom. The van der Waals surface area contributed by atoms with E-state index in [0.717, 1.165) is 0 Å². The zero-order chi connectivity index (χ0) is 17.3. The van der Waals surface area contributed by atoms with Gasteiger partial charge in [0.2, 0.25) is 5.95 Å². The van der Waals surface area contributed by atoms with Gasteiger partial charge in [0.25, 0.3) is 0 Å². The van der Waals surface area contributed by atoms with Crippen molar-refractivity contribution in [2.75, 3.05) is 17.7 Å². The SMILES string of the molecule is [C-]#[N+]c1ccn2ncc(Nc3ncc(C(F)(F)F)c(NC)n3)c2c1. The highest BCUT2D eigenvalue weighted by Crippen LogP contribution is 2.34. The van der Waals surface area contributed by atoms with Crippen LogP contribution in [0.2, 0.25) is 0 Å². The maximum Gasteiger partial charge on any atom is 0.421 e. The van der Waals surface area contributed by atoms with Crippen LogP contribution in [0.5, 0.6) is 0 Å². The number of pyridine rings is 1. The van der Waals surface area contributed by atoms with Gasteiger partial charge in [-0.15, -0.1) is 0 Å². The summed E-state index contributed by atoms with van der Waals surface area (Å²) in [6.07, 6.45) is -0.757. The summed E-state index contributed by atoms with van der Waals surface area (Å²) in [4.78, 5) is 10.9. The van der Waals surface area contributed by atoms with Crippen molar-refractivity contribution >= 4 is 28.7 Å². The Labute approximate surface area is 134 Å². The molecule has 0 aliphatic rings. The van der Waals surface area contributed by atoms with Crippen LogP contribution >= 0.6 is 0 Å². The number of aromatic nitrogens is 4. The largest absolute Gasteiger partial charge is 0.421 e. The molecule has 0 bridgehead atoms. The standard InChI is InChI=1S/C14H10F3N7/c1-18-8-3-4-24-11(5-8)10(7-21-24)22-13-20-6-9(14(15,16)17)12(19-2)23-13/h3-7H,2H3,(H2,19,20,22,23). The first-order chi connectivity index (χ1) is 11.4. The van der Waals surface area contributed by atoms with E-state index in [1.165, 1.54) is 17.8 Å². The van der Waals surface area contributed by atoms with Crippen LogP contribution in [0, 0.1) is 6.57 Å². The zero-order valence-electron chi connectivity index (χ0n) is 12.3. The van der Waals surface area contributed by atoms with Crippen molar-refractivity contribution in [3.8, 4) is 0 Å². The number of nitrogens with one attached hydrogen (secondary N) is 2. The quantitative estimate of drug-likeness (QED) is 0.718. The molecule has 0 amide bonds. The Kier molecular flexibility index (Phi) is 3.69. The number of halogens is 3. The monoisotopic (exact) mass is 333 g/mol. The minimum Gasteiger partial charge on any atom is -0.372 e. The molecule has 122 valence electrons. The molecule has 3 aromatic heterocycles. The van der Waals surface area contributed by atoms with E-state index < -0.39 is 11.7 Å². The average Bonchev–Trinajstić information content (AvgIpc) is 2.95. The Balaban J connectivity index is 1.99. The number of rotatable bonds is 3. The number of hydrogen-bond donors (Lipinski definition) is 2. The average molecular weight is 333 g/mol. The Morgan fingerprint density at radius 3 is 2.75 bits per heavy atom. The van der Waals surface area contributed by atoms with Crippen LogP contribution < -0.4 is 10.6 Å². The van der Waals surface area contributed by atoms with Crippen molar-refractivity contribution < 1.29 is 13.2 Å². The van der Waals surface area contributed by atoms with E-state index in [-0.39, 0.29) is 11.8 Å². The van der Waals surface area contributed by atoms with Crippen molar-refractivity contribution in [2.45, 2.75) is 6.18 Å². The van der Waals surface area contributed by atoms with Crippen LogP contribution in [0.1, 0.15) is 5.56 Å². The lowest BCUT2D eigenvalue weighted by molar-refractivity contribution is -0.137. The Bertz CT molecular complexity index is 940. The summed E-state index contributed by atoms with van der Waals surface area (Å²) in [7, 11) is 1.35. The van der Waals surface area contributed by atoms with Gasteiger partial charge in [0.05, 0.1) is 24.0 Å². The van der Waals surface area contributed by atoms with Crippen LogP contribution in [-0.4, -0.2) is 26.6 Å². The molecule has 7 nitrogen and oxygen atoms in total. The summed E-state index contributed by atoms with van der Waals surface area (Å²) in [5.41, 5.74) is 0.515. The predicted molar refractivity (Wildman–Crippen MR) is 81.3 cm³/mol. The molecule has 3 heterocycles. The van der Waals surface area contributed by atoms with E-state index in [1.807, 2.05) is 0 Å². The molecule has 10 heteroatoms. The van der Waals surface area contributed by atoms with Gasteiger partial charge in [0, 0.05) is 19.4 Å². The van der Waals surface area contributed by atoms with E-state index >= 15 is 0 Å². The second kappa shape index (κ2) is 5.69. The van der Waals surface area contributed by atoms with Crippen molar-refractivity contribution in [1.82, 2.24) is 19.6 Å². The van der Waals surface area contributed by atoms with Gasteiger partial charge < -0.3 is 10.6 Å². The molecule has 0 aliphatic carbocycles. The molecule has 0 aromatic carbocycles. The predicted octanol–water partition coefficient (Wildman–Crippen LogP) is 3.48. The van der Waals surface area contributed by atoms with Crippen molar-refractivity contribution in [1.29, 1.82) is 0 Å². The zero-order valence-corrected chi connectivity index (χ0v) is 12.3. The minimum absolute atomic E-state index is 0.0181. The van der Waals surface area contributed by atoms with Crippen LogP contribution in [-0.2, 0) is 6.18 Å². The van der Waals surface area contributed by atoms with Crippen molar-refractivity contribution in [3.63, 3.8) is 0 Å². The van der Waals surface area contributed by atoms with E-state index in [4.69, 9.17) is 6.57 Å². The van der Waals surface area contributed by atoms with E-state index in [1.54, 1.807) is 18.3 Å². The van der Waals surface area contributed by atoms with Gasteiger partial charge in [-0.05, 0) is 12.1 Å². The number of nitrogens with zero attached hydrogens (tertiary/aromatic N) is 5. The Morgan fingerprint density at radius 1 is 1.29 bits per heavy atom. The van der Waals surface area contributed by atoms with Crippen molar-refractivity contribution in [2.24, 2.45) is 0 Å². The summed E-state index contributed by atoms with van der Waals surface area (Å²) in [6, 6.07) is 3.20. The molecule has 2 N–H and O–H groups in total.